The van der Waals surface area contributed by atoms with Crippen LogP contribution in [-0.4, -0.2) is 43.8 Å². The molecule has 0 bridgehead atoms. The zero-order valence-corrected chi connectivity index (χ0v) is 20.8. The smallest absolute Gasteiger partial charge is 0.257 e. The maximum atomic E-state index is 13.8. The van der Waals surface area contributed by atoms with E-state index in [-0.39, 0.29) is 12.5 Å². The van der Waals surface area contributed by atoms with Crippen LogP contribution in [0, 0.1) is 18.6 Å². The molecule has 0 aliphatic carbocycles. The van der Waals surface area contributed by atoms with Gasteiger partial charge in [0, 0.05) is 25.9 Å². The Balaban J connectivity index is 1.38. The minimum absolute atomic E-state index is 0.109. The van der Waals surface area contributed by atoms with Gasteiger partial charge in [0.1, 0.15) is 11.4 Å². The monoisotopic (exact) mass is 528 g/mol. The summed E-state index contributed by atoms with van der Waals surface area (Å²) in [5, 5.41) is 7.58. The Labute approximate surface area is 213 Å². The van der Waals surface area contributed by atoms with Crippen LogP contribution in [0.2, 0.25) is 5.02 Å². The van der Waals surface area contributed by atoms with Gasteiger partial charge >= 0.3 is 0 Å². The van der Waals surface area contributed by atoms with Gasteiger partial charge < -0.3 is 15.0 Å². The van der Waals surface area contributed by atoms with Gasteiger partial charge in [0.25, 0.3) is 5.91 Å². The SMILES string of the molecule is Cc1cnc(Nc2ccnn2C)nc1-c1sc2c(c1Cl)C(=O)N(Cc1ccc(F)c(F)c1)C21COC1. The quantitative estimate of drug-likeness (QED) is 0.400. The molecule has 1 N–H and O–H groups in total. The maximum Gasteiger partial charge on any atom is 0.257 e. The lowest BCUT2D eigenvalue weighted by Crippen LogP contribution is -2.56. The number of hydrogen-bond donors (Lipinski definition) is 1. The average Bonchev–Trinajstić information content (AvgIpc) is 3.45. The standard InChI is InChI=1S/C24H19ClF2N6O2S/c1-12-8-28-23(30-16-5-6-29-32(16)2)31-19(12)20-18(25)17-21(36-20)24(10-35-11-24)33(22(17)34)9-13-3-4-14(26)15(27)7-13/h3-8H,9-11H2,1-2H3,(H,28,30,31). The minimum atomic E-state index is -0.956. The van der Waals surface area contributed by atoms with Crippen LogP contribution in [0.5, 0.6) is 0 Å². The van der Waals surface area contributed by atoms with Crippen molar-refractivity contribution in [1.82, 2.24) is 24.6 Å². The van der Waals surface area contributed by atoms with Crippen molar-refractivity contribution in [2.45, 2.75) is 19.0 Å². The molecule has 2 aliphatic rings. The van der Waals surface area contributed by atoms with E-state index in [0.717, 1.165) is 28.4 Å². The maximum absolute atomic E-state index is 13.8. The molecule has 1 fully saturated rings. The van der Waals surface area contributed by atoms with Gasteiger partial charge in [-0.05, 0) is 30.2 Å². The fourth-order valence-corrected chi connectivity index (χ4v) is 6.35. The van der Waals surface area contributed by atoms with Crippen molar-refractivity contribution in [3.8, 4) is 10.6 Å². The van der Waals surface area contributed by atoms with Crippen molar-refractivity contribution in [2.24, 2.45) is 7.05 Å². The van der Waals surface area contributed by atoms with E-state index in [0.29, 0.717) is 45.9 Å². The van der Waals surface area contributed by atoms with Crippen LogP contribution < -0.4 is 5.32 Å². The van der Waals surface area contributed by atoms with Gasteiger partial charge in [0.2, 0.25) is 5.95 Å². The number of hydrogen-bond acceptors (Lipinski definition) is 7. The third kappa shape index (κ3) is 3.41. The van der Waals surface area contributed by atoms with Crippen molar-refractivity contribution in [1.29, 1.82) is 0 Å². The second kappa shape index (κ2) is 8.32. The number of halogens is 3. The number of amides is 1. The molecular weight excluding hydrogens is 510 g/mol. The molecule has 4 aromatic rings. The Hall–Kier alpha value is -3.41. The number of anilines is 2. The number of rotatable bonds is 5. The Morgan fingerprint density at radius 2 is 2.06 bits per heavy atom. The third-order valence-corrected chi connectivity index (χ3v) is 8.38. The predicted octanol–water partition coefficient (Wildman–Crippen LogP) is 4.80. The zero-order valence-electron chi connectivity index (χ0n) is 19.2. The first-order chi connectivity index (χ1) is 17.3. The summed E-state index contributed by atoms with van der Waals surface area (Å²) in [6.07, 6.45) is 3.36. The number of aromatic nitrogens is 4. The first-order valence-corrected chi connectivity index (χ1v) is 12.2. The lowest BCUT2D eigenvalue weighted by molar-refractivity contribution is -0.126. The Bertz CT molecular complexity index is 1530. The summed E-state index contributed by atoms with van der Waals surface area (Å²) in [6, 6.07) is 5.44. The predicted molar refractivity (Wildman–Crippen MR) is 130 cm³/mol. The number of nitrogens with zero attached hydrogens (tertiary/aromatic N) is 5. The van der Waals surface area contributed by atoms with Crippen LogP contribution in [0.4, 0.5) is 20.5 Å². The van der Waals surface area contributed by atoms with Crippen LogP contribution in [0.15, 0.2) is 36.7 Å². The number of thiophene rings is 1. The van der Waals surface area contributed by atoms with Crippen LogP contribution in [0.1, 0.15) is 26.4 Å². The average molecular weight is 529 g/mol. The molecule has 1 aromatic carbocycles. The number of nitrogens with one attached hydrogen (secondary N) is 1. The molecule has 1 spiro atoms. The molecule has 8 nitrogen and oxygen atoms in total. The van der Waals surface area contributed by atoms with Gasteiger partial charge in [0.05, 0.1) is 45.4 Å². The highest BCUT2D eigenvalue weighted by molar-refractivity contribution is 7.17. The highest BCUT2D eigenvalue weighted by Crippen LogP contribution is 2.54. The van der Waals surface area contributed by atoms with E-state index in [1.807, 2.05) is 6.92 Å². The lowest BCUT2D eigenvalue weighted by atomic mass is 9.94. The molecule has 0 radical (unpaired) electrons. The molecule has 184 valence electrons. The number of carbonyl (C=O) groups excluding carboxylic acids is 1. The first-order valence-electron chi connectivity index (χ1n) is 11.0. The van der Waals surface area contributed by atoms with E-state index < -0.39 is 17.2 Å². The van der Waals surface area contributed by atoms with E-state index in [4.69, 9.17) is 16.3 Å². The Kier molecular flexibility index (Phi) is 5.32. The van der Waals surface area contributed by atoms with Crippen molar-refractivity contribution in [3.63, 3.8) is 0 Å². The summed E-state index contributed by atoms with van der Waals surface area (Å²) in [7, 11) is 1.80. The van der Waals surface area contributed by atoms with Crippen LogP contribution in [0.3, 0.4) is 0 Å². The van der Waals surface area contributed by atoms with Crippen molar-refractivity contribution in [3.05, 3.63) is 74.9 Å². The second-order valence-corrected chi connectivity index (χ2v) is 10.2. The van der Waals surface area contributed by atoms with E-state index in [2.05, 4.69) is 20.4 Å². The van der Waals surface area contributed by atoms with Gasteiger partial charge in [-0.1, -0.05) is 17.7 Å². The molecule has 2 aliphatic heterocycles. The molecule has 1 saturated heterocycles. The van der Waals surface area contributed by atoms with E-state index in [1.54, 1.807) is 35.1 Å². The summed E-state index contributed by atoms with van der Waals surface area (Å²) in [5.74, 6) is -1.07. The second-order valence-electron chi connectivity index (χ2n) is 8.80. The van der Waals surface area contributed by atoms with Crippen LogP contribution in [0.25, 0.3) is 10.6 Å². The Morgan fingerprint density at radius 1 is 1.25 bits per heavy atom. The molecule has 0 saturated carbocycles. The highest BCUT2D eigenvalue weighted by Gasteiger charge is 2.57. The van der Waals surface area contributed by atoms with Crippen LogP contribution >= 0.6 is 22.9 Å². The molecular formula is C24H19ClF2N6O2S. The van der Waals surface area contributed by atoms with Gasteiger partial charge in [-0.3, -0.25) is 9.48 Å². The van der Waals surface area contributed by atoms with Crippen LogP contribution in [-0.2, 0) is 23.9 Å². The molecule has 3 aromatic heterocycles. The normalized spacial score (nSPS) is 15.9. The third-order valence-electron chi connectivity index (χ3n) is 6.50. The van der Waals surface area contributed by atoms with Gasteiger partial charge in [-0.25, -0.2) is 18.7 Å². The summed E-state index contributed by atoms with van der Waals surface area (Å²) in [5.41, 5.74) is 1.60. The number of benzene rings is 1. The summed E-state index contributed by atoms with van der Waals surface area (Å²) < 4.78 is 34.4. The first kappa shape index (κ1) is 23.0. The van der Waals surface area contributed by atoms with Gasteiger partial charge in [-0.15, -0.1) is 11.3 Å². The summed E-state index contributed by atoms with van der Waals surface area (Å²) >= 11 is 8.23. The fraction of sp³-hybridized carbons (Fsp3) is 0.250. The highest BCUT2D eigenvalue weighted by atomic mass is 35.5. The number of aryl methyl sites for hydroxylation is 2. The van der Waals surface area contributed by atoms with Crippen molar-refractivity contribution in [2.75, 3.05) is 18.5 Å². The zero-order chi connectivity index (χ0) is 25.2. The number of fused-ring (bicyclic) bond motifs is 2. The van der Waals surface area contributed by atoms with E-state index >= 15 is 0 Å². The minimum Gasteiger partial charge on any atom is -0.376 e. The molecule has 5 heterocycles. The molecule has 12 heteroatoms. The summed E-state index contributed by atoms with van der Waals surface area (Å²) in [6.45, 7) is 2.57. The number of ether oxygens (including phenoxy) is 1. The van der Waals surface area contributed by atoms with Gasteiger partial charge in [-0.2, -0.15) is 5.10 Å². The topological polar surface area (TPSA) is 85.2 Å². The summed E-state index contributed by atoms with van der Waals surface area (Å²) in [4.78, 5) is 25.7. The lowest BCUT2D eigenvalue weighted by Gasteiger charge is -2.45. The number of carbonyl (C=O) groups is 1. The van der Waals surface area contributed by atoms with E-state index in [9.17, 15) is 13.6 Å². The molecule has 0 atom stereocenters. The van der Waals surface area contributed by atoms with Gasteiger partial charge in [0.15, 0.2) is 11.6 Å². The van der Waals surface area contributed by atoms with Crippen molar-refractivity contribution < 1.29 is 18.3 Å². The molecule has 0 unspecified atom stereocenters. The van der Waals surface area contributed by atoms with E-state index in [1.165, 1.54) is 17.4 Å². The fourth-order valence-electron chi connectivity index (χ4n) is 4.50. The Morgan fingerprint density at radius 3 is 2.72 bits per heavy atom. The largest absolute Gasteiger partial charge is 0.376 e. The molecule has 6 rings (SSSR count). The molecule has 1 amide bonds. The molecule has 36 heavy (non-hydrogen) atoms. The van der Waals surface area contributed by atoms with Crippen molar-refractivity contribution >= 4 is 40.6 Å².